The van der Waals surface area contributed by atoms with Crippen molar-refractivity contribution in [2.24, 2.45) is 0 Å². The van der Waals surface area contributed by atoms with Crippen molar-refractivity contribution in [1.82, 2.24) is 0 Å². The predicted octanol–water partition coefficient (Wildman–Crippen LogP) is 3.62. The highest BCUT2D eigenvalue weighted by molar-refractivity contribution is 5.72. The fraction of sp³-hybridized carbons (Fsp3) is 0.294. The van der Waals surface area contributed by atoms with Gasteiger partial charge in [0.1, 0.15) is 11.6 Å². The Morgan fingerprint density at radius 3 is 2.75 bits per heavy atom. The molecule has 105 valence electrons. The minimum atomic E-state index is -0.290. The van der Waals surface area contributed by atoms with Crippen molar-refractivity contribution in [3.63, 3.8) is 0 Å². The van der Waals surface area contributed by atoms with Crippen molar-refractivity contribution >= 4 is 0 Å². The van der Waals surface area contributed by atoms with Gasteiger partial charge in [0.05, 0.1) is 0 Å². The van der Waals surface area contributed by atoms with Gasteiger partial charge in [0.2, 0.25) is 0 Å². The fourth-order valence-electron chi connectivity index (χ4n) is 2.21. The highest BCUT2D eigenvalue weighted by Gasteiger charge is 2.10. The standard InChI is InChI=1S/C17H18FO2/c1-12-14(6-4-7-16(12)18)15-9-8-13(11-17(15)20)5-2-3-10-19/h4,6-8,11,19-20H,2-3,5,10H2,1H3. The van der Waals surface area contributed by atoms with E-state index < -0.39 is 0 Å². The van der Waals surface area contributed by atoms with Gasteiger partial charge in [-0.1, -0.05) is 18.2 Å². The molecule has 0 saturated carbocycles. The average molecular weight is 273 g/mol. The molecule has 3 heteroatoms. The Morgan fingerprint density at radius 2 is 2.05 bits per heavy atom. The monoisotopic (exact) mass is 273 g/mol. The number of aliphatic hydroxyl groups is 1. The van der Waals surface area contributed by atoms with Gasteiger partial charge in [-0.05, 0) is 61.1 Å². The third kappa shape index (κ3) is 3.17. The second kappa shape index (κ2) is 6.53. The van der Waals surface area contributed by atoms with Gasteiger partial charge in [-0.15, -0.1) is 0 Å². The summed E-state index contributed by atoms with van der Waals surface area (Å²) in [4.78, 5) is 0. The Bertz CT molecular complexity index is 594. The molecule has 1 radical (unpaired) electrons. The van der Waals surface area contributed by atoms with Crippen LogP contribution in [-0.2, 0) is 6.42 Å². The first-order valence-electron chi connectivity index (χ1n) is 6.73. The Kier molecular flexibility index (Phi) is 4.74. The molecule has 0 aliphatic carbocycles. The summed E-state index contributed by atoms with van der Waals surface area (Å²) in [6.45, 7) is 1.86. The average Bonchev–Trinajstić information content (AvgIpc) is 2.43. The minimum absolute atomic E-state index is 0.111. The summed E-state index contributed by atoms with van der Waals surface area (Å²) in [5.74, 6) is -0.178. The van der Waals surface area contributed by atoms with E-state index in [9.17, 15) is 9.50 Å². The van der Waals surface area contributed by atoms with E-state index in [1.165, 1.54) is 6.07 Å². The number of hydrogen-bond donors (Lipinski definition) is 2. The molecule has 2 aromatic rings. The van der Waals surface area contributed by atoms with Crippen molar-refractivity contribution in [1.29, 1.82) is 0 Å². The summed E-state index contributed by atoms with van der Waals surface area (Å²) in [6, 6.07) is 11.3. The smallest absolute Gasteiger partial charge is 0.126 e. The molecule has 0 amide bonds. The molecule has 2 aromatic carbocycles. The lowest BCUT2D eigenvalue weighted by molar-refractivity contribution is 0.284. The summed E-state index contributed by atoms with van der Waals surface area (Å²) < 4.78 is 13.6. The number of halogens is 1. The number of aryl methyl sites for hydroxylation is 1. The highest BCUT2D eigenvalue weighted by Crippen LogP contribution is 2.32. The lowest BCUT2D eigenvalue weighted by Gasteiger charge is -2.10. The van der Waals surface area contributed by atoms with Crippen LogP contribution in [0.25, 0.3) is 11.1 Å². The zero-order valence-electron chi connectivity index (χ0n) is 11.5. The number of benzene rings is 2. The molecule has 0 atom stereocenters. The number of phenolic OH excluding ortho intramolecular Hbond substituents is 1. The number of phenols is 1. The zero-order valence-corrected chi connectivity index (χ0v) is 11.5. The topological polar surface area (TPSA) is 40.5 Å². The largest absolute Gasteiger partial charge is 0.507 e. The van der Waals surface area contributed by atoms with Crippen LogP contribution in [0.4, 0.5) is 4.39 Å². The van der Waals surface area contributed by atoms with Crippen LogP contribution >= 0.6 is 0 Å². The molecule has 0 spiro atoms. The number of hydrogen-bond acceptors (Lipinski definition) is 2. The summed E-state index contributed by atoms with van der Waals surface area (Å²) in [5.41, 5.74) is 2.65. The van der Waals surface area contributed by atoms with Gasteiger partial charge in [0, 0.05) is 12.2 Å². The van der Waals surface area contributed by atoms with E-state index in [-0.39, 0.29) is 18.2 Å². The van der Waals surface area contributed by atoms with Crippen LogP contribution in [0.2, 0.25) is 0 Å². The van der Waals surface area contributed by atoms with E-state index in [1.54, 1.807) is 25.1 Å². The summed E-state index contributed by atoms with van der Waals surface area (Å²) in [7, 11) is 0. The third-order valence-corrected chi connectivity index (χ3v) is 3.39. The van der Waals surface area contributed by atoms with E-state index >= 15 is 0 Å². The molecule has 20 heavy (non-hydrogen) atoms. The van der Waals surface area contributed by atoms with Gasteiger partial charge in [-0.2, -0.15) is 0 Å². The Hall–Kier alpha value is -1.87. The third-order valence-electron chi connectivity index (χ3n) is 3.39. The van der Waals surface area contributed by atoms with Crippen LogP contribution in [0, 0.1) is 18.8 Å². The van der Waals surface area contributed by atoms with E-state index in [2.05, 4.69) is 6.07 Å². The number of unbranched alkanes of at least 4 members (excludes halogenated alkanes) is 1. The number of rotatable bonds is 5. The van der Waals surface area contributed by atoms with Crippen molar-refractivity contribution in [2.75, 3.05) is 6.61 Å². The van der Waals surface area contributed by atoms with E-state index in [0.717, 1.165) is 24.8 Å². The second-order valence-electron chi connectivity index (χ2n) is 4.86. The fourth-order valence-corrected chi connectivity index (χ4v) is 2.21. The van der Waals surface area contributed by atoms with Gasteiger partial charge in [-0.25, -0.2) is 4.39 Å². The first-order chi connectivity index (χ1) is 9.63. The summed E-state index contributed by atoms with van der Waals surface area (Å²) >= 11 is 0. The molecule has 0 bridgehead atoms. The van der Waals surface area contributed by atoms with Crippen LogP contribution in [0.1, 0.15) is 24.0 Å². The molecular weight excluding hydrogens is 255 g/mol. The zero-order chi connectivity index (χ0) is 14.5. The molecule has 0 fully saturated rings. The van der Waals surface area contributed by atoms with Gasteiger partial charge in [0.25, 0.3) is 0 Å². The molecule has 2 rings (SSSR count). The van der Waals surface area contributed by atoms with Crippen LogP contribution in [0.15, 0.2) is 30.3 Å². The maximum atomic E-state index is 13.6. The van der Waals surface area contributed by atoms with Gasteiger partial charge in [-0.3, -0.25) is 0 Å². The number of aromatic hydroxyl groups is 1. The first kappa shape index (κ1) is 14.5. The van der Waals surface area contributed by atoms with E-state index in [1.807, 2.05) is 6.07 Å². The Labute approximate surface area is 118 Å². The van der Waals surface area contributed by atoms with E-state index in [0.29, 0.717) is 16.7 Å². The molecule has 0 unspecified atom stereocenters. The SMILES string of the molecule is Cc1c(F)cccc1-c1[c]cc(CCCCO)cc1O. The van der Waals surface area contributed by atoms with Crippen molar-refractivity contribution in [3.8, 4) is 16.9 Å². The highest BCUT2D eigenvalue weighted by atomic mass is 19.1. The summed E-state index contributed by atoms with van der Waals surface area (Å²) in [6.07, 6.45) is 2.39. The molecule has 2 N–H and O–H groups in total. The lowest BCUT2D eigenvalue weighted by Crippen LogP contribution is -1.92. The molecule has 0 aromatic heterocycles. The normalized spacial score (nSPS) is 10.8. The van der Waals surface area contributed by atoms with Crippen LogP contribution in [0.5, 0.6) is 5.75 Å². The molecule has 0 heterocycles. The van der Waals surface area contributed by atoms with Gasteiger partial charge >= 0.3 is 0 Å². The molecular formula is C17H18FO2. The first-order valence-corrected chi connectivity index (χ1v) is 6.73. The molecule has 0 aliphatic rings. The summed E-state index contributed by atoms with van der Waals surface area (Å²) in [5, 5.41) is 18.9. The maximum Gasteiger partial charge on any atom is 0.126 e. The molecule has 2 nitrogen and oxygen atoms in total. The quantitative estimate of drug-likeness (QED) is 0.817. The predicted molar refractivity (Wildman–Crippen MR) is 77.1 cm³/mol. The van der Waals surface area contributed by atoms with Crippen molar-refractivity contribution < 1.29 is 14.6 Å². The van der Waals surface area contributed by atoms with Crippen molar-refractivity contribution in [3.05, 3.63) is 53.3 Å². The second-order valence-corrected chi connectivity index (χ2v) is 4.86. The Morgan fingerprint density at radius 1 is 1.25 bits per heavy atom. The molecule has 0 aliphatic heterocycles. The van der Waals surface area contributed by atoms with E-state index in [4.69, 9.17) is 5.11 Å². The Balaban J connectivity index is 2.27. The minimum Gasteiger partial charge on any atom is -0.507 e. The number of aliphatic hydroxyl groups excluding tert-OH is 1. The van der Waals surface area contributed by atoms with Crippen LogP contribution < -0.4 is 0 Å². The molecule has 0 saturated heterocycles. The van der Waals surface area contributed by atoms with Crippen LogP contribution in [-0.4, -0.2) is 16.8 Å². The lowest BCUT2D eigenvalue weighted by atomic mass is 9.97. The van der Waals surface area contributed by atoms with Crippen molar-refractivity contribution in [2.45, 2.75) is 26.2 Å². The van der Waals surface area contributed by atoms with Gasteiger partial charge < -0.3 is 10.2 Å². The van der Waals surface area contributed by atoms with Gasteiger partial charge in [0.15, 0.2) is 0 Å². The van der Waals surface area contributed by atoms with Crippen LogP contribution in [0.3, 0.4) is 0 Å². The maximum absolute atomic E-state index is 13.6.